The summed E-state index contributed by atoms with van der Waals surface area (Å²) in [4.78, 5) is 2.19. The maximum atomic E-state index is 11.9. The van der Waals surface area contributed by atoms with Gasteiger partial charge in [0.1, 0.15) is 0 Å². The minimum absolute atomic E-state index is 0.0603. The maximum absolute atomic E-state index is 11.9. The van der Waals surface area contributed by atoms with Crippen molar-refractivity contribution in [2.45, 2.75) is 18.7 Å². The average Bonchev–Trinajstić information content (AvgIpc) is 2.35. The molecule has 0 bridgehead atoms. The molecule has 1 rings (SSSR count). The number of nitrogens with one attached hydrogen (secondary N) is 1. The predicted octanol–water partition coefficient (Wildman–Crippen LogP) is 1.38. The Labute approximate surface area is 107 Å². The van der Waals surface area contributed by atoms with Crippen LogP contribution in [0.5, 0.6) is 11.5 Å². The molecule has 1 aromatic rings. The van der Waals surface area contributed by atoms with Crippen molar-refractivity contribution < 1.29 is 17.9 Å². The summed E-state index contributed by atoms with van der Waals surface area (Å²) in [5.74, 6) is 0.809. The van der Waals surface area contributed by atoms with Crippen LogP contribution in [0, 0.1) is 0 Å². The highest BCUT2D eigenvalue weighted by atomic mass is 32.2. The number of hydrogen-bond donors (Lipinski definition) is 1. The fraction of sp³-hybridized carbons (Fsp3) is 0.364. The molecule has 0 atom stereocenters. The third-order valence-electron chi connectivity index (χ3n) is 2.05. The predicted molar refractivity (Wildman–Crippen MR) is 68.7 cm³/mol. The van der Waals surface area contributed by atoms with E-state index >= 15 is 0 Å². The lowest BCUT2D eigenvalue weighted by atomic mass is 10.3. The maximum Gasteiger partial charge on any atom is 0.276 e. The zero-order valence-electron chi connectivity index (χ0n) is 10.7. The molecule has 1 N–H and O–H groups in total. The quantitative estimate of drug-likeness (QED) is 0.649. The van der Waals surface area contributed by atoms with Crippen LogP contribution in [0.3, 0.4) is 0 Å². The molecular weight excluding hydrogens is 256 g/mol. The van der Waals surface area contributed by atoms with Crippen LogP contribution in [0.25, 0.3) is 0 Å². The summed E-state index contributed by atoms with van der Waals surface area (Å²) in [7, 11) is -0.764. The van der Waals surface area contributed by atoms with Gasteiger partial charge in [-0.3, -0.25) is 0 Å². The first-order valence-corrected chi connectivity index (χ1v) is 6.63. The van der Waals surface area contributed by atoms with E-state index in [0.29, 0.717) is 17.2 Å². The van der Waals surface area contributed by atoms with Gasteiger partial charge in [0.25, 0.3) is 10.0 Å². The number of methoxy groups -OCH3 is 2. The standard InChI is InChI=1S/C11H16N2O4S/c1-8(2)12-13-18(14,15)9-5-6-10(16-3)11(7-9)17-4/h5-7,13H,1-4H3. The van der Waals surface area contributed by atoms with Gasteiger partial charge in [-0.25, -0.2) is 4.83 Å². The molecule has 0 spiro atoms. The van der Waals surface area contributed by atoms with Crippen molar-refractivity contribution in [1.29, 1.82) is 0 Å². The highest BCUT2D eigenvalue weighted by Crippen LogP contribution is 2.29. The molecule has 6 nitrogen and oxygen atoms in total. The molecule has 18 heavy (non-hydrogen) atoms. The Kier molecular flexibility index (Phi) is 4.55. The number of benzene rings is 1. The van der Waals surface area contributed by atoms with Crippen LogP contribution in [-0.4, -0.2) is 28.3 Å². The van der Waals surface area contributed by atoms with Crippen molar-refractivity contribution >= 4 is 15.7 Å². The summed E-state index contributed by atoms with van der Waals surface area (Å²) in [6, 6.07) is 4.32. The third-order valence-corrected chi connectivity index (χ3v) is 3.26. The van der Waals surface area contributed by atoms with Crippen LogP contribution < -0.4 is 14.3 Å². The van der Waals surface area contributed by atoms with Crippen molar-refractivity contribution in [2.24, 2.45) is 5.10 Å². The minimum atomic E-state index is -3.69. The van der Waals surface area contributed by atoms with Gasteiger partial charge >= 0.3 is 0 Å². The van der Waals surface area contributed by atoms with Crippen molar-refractivity contribution in [3.05, 3.63) is 18.2 Å². The van der Waals surface area contributed by atoms with Crippen molar-refractivity contribution in [3.8, 4) is 11.5 Å². The monoisotopic (exact) mass is 272 g/mol. The van der Waals surface area contributed by atoms with E-state index < -0.39 is 10.0 Å². The summed E-state index contributed by atoms with van der Waals surface area (Å²) >= 11 is 0. The Bertz CT molecular complexity index is 548. The molecule has 0 aliphatic heterocycles. The Morgan fingerprint density at radius 1 is 1.17 bits per heavy atom. The third kappa shape index (κ3) is 3.36. The fourth-order valence-corrected chi connectivity index (χ4v) is 2.11. The molecule has 0 aliphatic carbocycles. The molecule has 100 valence electrons. The van der Waals surface area contributed by atoms with Gasteiger partial charge < -0.3 is 9.47 Å². The average molecular weight is 272 g/mol. The van der Waals surface area contributed by atoms with E-state index in [9.17, 15) is 8.42 Å². The van der Waals surface area contributed by atoms with Crippen LogP contribution in [0.1, 0.15) is 13.8 Å². The van der Waals surface area contributed by atoms with Crippen LogP contribution in [0.15, 0.2) is 28.2 Å². The van der Waals surface area contributed by atoms with E-state index in [2.05, 4.69) is 9.93 Å². The van der Waals surface area contributed by atoms with E-state index in [1.807, 2.05) is 0 Å². The first-order chi connectivity index (χ1) is 8.40. The SMILES string of the molecule is COc1ccc(S(=O)(=O)NN=C(C)C)cc1OC. The Morgan fingerprint density at radius 3 is 2.28 bits per heavy atom. The summed E-state index contributed by atoms with van der Waals surface area (Å²) in [5, 5.41) is 3.68. The molecule has 1 aromatic carbocycles. The molecular formula is C11H16N2O4S. The molecule has 0 radical (unpaired) electrons. The van der Waals surface area contributed by atoms with Crippen LogP contribution in [0.2, 0.25) is 0 Å². The number of nitrogens with zero attached hydrogens (tertiary/aromatic N) is 1. The normalized spacial score (nSPS) is 10.7. The second-order valence-corrected chi connectivity index (χ2v) is 5.33. The zero-order valence-corrected chi connectivity index (χ0v) is 11.5. The second kappa shape index (κ2) is 5.72. The molecule has 0 amide bonds. The van der Waals surface area contributed by atoms with Crippen molar-refractivity contribution in [1.82, 2.24) is 4.83 Å². The molecule has 7 heteroatoms. The number of ether oxygens (including phenoxy) is 2. The Balaban J connectivity index is 3.14. The molecule has 0 heterocycles. The lowest BCUT2D eigenvalue weighted by Gasteiger charge is -2.09. The molecule has 0 saturated heterocycles. The molecule has 0 fully saturated rings. The largest absolute Gasteiger partial charge is 0.493 e. The van der Waals surface area contributed by atoms with Gasteiger partial charge in [-0.2, -0.15) is 13.5 Å². The summed E-state index contributed by atoms with van der Waals surface area (Å²) in [5.41, 5.74) is 0.610. The lowest BCUT2D eigenvalue weighted by Crippen LogP contribution is -2.19. The molecule has 0 aliphatic rings. The van der Waals surface area contributed by atoms with Gasteiger partial charge in [0.15, 0.2) is 11.5 Å². The van der Waals surface area contributed by atoms with Crippen LogP contribution >= 0.6 is 0 Å². The summed E-state index contributed by atoms with van der Waals surface area (Å²) < 4.78 is 33.9. The molecule has 0 saturated carbocycles. The van der Waals surface area contributed by atoms with Crippen LogP contribution in [-0.2, 0) is 10.0 Å². The van der Waals surface area contributed by atoms with Gasteiger partial charge in [-0.1, -0.05) is 0 Å². The Hall–Kier alpha value is -1.76. The number of hydrogen-bond acceptors (Lipinski definition) is 5. The highest BCUT2D eigenvalue weighted by Gasteiger charge is 2.16. The number of sulfonamides is 1. The first kappa shape index (κ1) is 14.3. The van der Waals surface area contributed by atoms with Gasteiger partial charge in [0.2, 0.25) is 0 Å². The van der Waals surface area contributed by atoms with E-state index in [1.165, 1.54) is 32.4 Å². The smallest absolute Gasteiger partial charge is 0.276 e. The lowest BCUT2D eigenvalue weighted by molar-refractivity contribution is 0.354. The summed E-state index contributed by atoms with van der Waals surface area (Å²) in [6.45, 7) is 3.38. The fourth-order valence-electron chi connectivity index (χ4n) is 1.19. The zero-order chi connectivity index (χ0) is 13.8. The van der Waals surface area contributed by atoms with Gasteiger partial charge in [-0.05, 0) is 26.0 Å². The van der Waals surface area contributed by atoms with Gasteiger partial charge in [-0.15, -0.1) is 0 Å². The van der Waals surface area contributed by atoms with E-state index in [4.69, 9.17) is 9.47 Å². The second-order valence-electron chi connectivity index (χ2n) is 3.67. The van der Waals surface area contributed by atoms with Crippen LogP contribution in [0.4, 0.5) is 0 Å². The van der Waals surface area contributed by atoms with Crippen molar-refractivity contribution in [3.63, 3.8) is 0 Å². The molecule has 0 unspecified atom stereocenters. The first-order valence-electron chi connectivity index (χ1n) is 5.15. The number of hydrazone groups is 1. The Morgan fingerprint density at radius 2 is 1.78 bits per heavy atom. The van der Waals surface area contributed by atoms with Gasteiger partial charge in [0, 0.05) is 11.8 Å². The minimum Gasteiger partial charge on any atom is -0.493 e. The molecule has 0 aromatic heterocycles. The van der Waals surface area contributed by atoms with Gasteiger partial charge in [0.05, 0.1) is 19.1 Å². The van der Waals surface area contributed by atoms with Crippen molar-refractivity contribution in [2.75, 3.05) is 14.2 Å². The highest BCUT2D eigenvalue weighted by molar-refractivity contribution is 7.89. The van der Waals surface area contributed by atoms with E-state index in [-0.39, 0.29) is 4.90 Å². The van der Waals surface area contributed by atoms with E-state index in [0.717, 1.165) is 0 Å². The summed E-state index contributed by atoms with van der Waals surface area (Å²) in [6.07, 6.45) is 0. The number of rotatable bonds is 5. The van der Waals surface area contributed by atoms with E-state index in [1.54, 1.807) is 13.8 Å². The topological polar surface area (TPSA) is 77.0 Å².